The number of unbranched alkanes of at least 4 members (excludes halogenated alkanes) is 2. The molecular formula is C32H31F3O2. The number of halogens is 3. The molecule has 4 rings (SSSR count). The van der Waals surface area contributed by atoms with Crippen LogP contribution in [0.15, 0.2) is 78.9 Å². The van der Waals surface area contributed by atoms with Crippen LogP contribution < -0.4 is 9.47 Å². The number of rotatable bonds is 11. The van der Waals surface area contributed by atoms with Gasteiger partial charge in [0.15, 0.2) is 23.1 Å². The van der Waals surface area contributed by atoms with Crippen molar-refractivity contribution in [2.75, 3.05) is 6.61 Å². The molecule has 0 spiro atoms. The van der Waals surface area contributed by atoms with E-state index >= 15 is 0 Å². The Kier molecular flexibility index (Phi) is 8.89. The quantitative estimate of drug-likeness (QED) is 0.190. The van der Waals surface area contributed by atoms with Gasteiger partial charge in [-0.1, -0.05) is 74.4 Å². The largest absolute Gasteiger partial charge is 0.491 e. The van der Waals surface area contributed by atoms with E-state index in [4.69, 9.17) is 9.47 Å². The maximum Gasteiger partial charge on any atom is 0.201 e. The van der Waals surface area contributed by atoms with E-state index < -0.39 is 17.5 Å². The Morgan fingerprint density at radius 3 is 1.92 bits per heavy atom. The fourth-order valence-corrected chi connectivity index (χ4v) is 4.20. The Hall–Kier alpha value is -3.73. The van der Waals surface area contributed by atoms with Crippen molar-refractivity contribution in [2.45, 2.75) is 46.1 Å². The van der Waals surface area contributed by atoms with Gasteiger partial charge in [0.2, 0.25) is 5.82 Å². The SMILES string of the molecule is CCCCCc1ccc(-c2ccc(OCc3ccc(-c4ccc(OCC)c(F)c4)cc3)c(F)c2F)cc1. The predicted octanol–water partition coefficient (Wildman–Crippen LogP) is 9.15. The third-order valence-corrected chi connectivity index (χ3v) is 6.29. The number of hydrogen-bond donors (Lipinski definition) is 0. The van der Waals surface area contributed by atoms with Gasteiger partial charge in [0.1, 0.15) is 6.61 Å². The van der Waals surface area contributed by atoms with Crippen LogP contribution >= 0.6 is 0 Å². The first-order valence-corrected chi connectivity index (χ1v) is 12.7. The molecule has 0 aliphatic heterocycles. The average Bonchev–Trinajstić information content (AvgIpc) is 2.92. The van der Waals surface area contributed by atoms with Gasteiger partial charge in [0.05, 0.1) is 6.61 Å². The Morgan fingerprint density at radius 2 is 1.24 bits per heavy atom. The molecule has 0 aliphatic rings. The van der Waals surface area contributed by atoms with Crippen molar-refractivity contribution in [1.29, 1.82) is 0 Å². The summed E-state index contributed by atoms with van der Waals surface area (Å²) in [6, 6.07) is 22.7. The Morgan fingerprint density at radius 1 is 0.595 bits per heavy atom. The van der Waals surface area contributed by atoms with Crippen molar-refractivity contribution in [3.05, 3.63) is 107 Å². The van der Waals surface area contributed by atoms with Crippen molar-refractivity contribution >= 4 is 0 Å². The summed E-state index contributed by atoms with van der Waals surface area (Å²) in [6.45, 7) is 4.43. The number of hydrogen-bond acceptors (Lipinski definition) is 2. The molecule has 0 fully saturated rings. The maximum absolute atomic E-state index is 14.9. The third kappa shape index (κ3) is 6.53. The second-order valence-corrected chi connectivity index (χ2v) is 8.96. The van der Waals surface area contributed by atoms with Crippen LogP contribution in [0.1, 0.15) is 44.2 Å². The van der Waals surface area contributed by atoms with E-state index in [1.807, 2.05) is 48.5 Å². The molecule has 0 unspecified atom stereocenters. The summed E-state index contributed by atoms with van der Waals surface area (Å²) in [7, 11) is 0. The van der Waals surface area contributed by atoms with Crippen LogP contribution in [-0.4, -0.2) is 6.61 Å². The standard InChI is InChI=1S/C32H31F3O2/c1-3-5-6-7-22-8-14-25(15-9-22)27-17-19-30(32(35)31(27)34)37-21-23-10-12-24(13-11-23)26-16-18-29(36-4-2)28(33)20-26/h8-20H,3-7,21H2,1-2H3. The molecule has 0 heterocycles. The highest BCUT2D eigenvalue weighted by molar-refractivity contribution is 5.66. The molecule has 0 atom stereocenters. The van der Waals surface area contributed by atoms with E-state index in [1.54, 1.807) is 25.1 Å². The molecule has 0 saturated carbocycles. The summed E-state index contributed by atoms with van der Waals surface area (Å²) in [5.41, 5.74) is 4.34. The van der Waals surface area contributed by atoms with Gasteiger partial charge in [0, 0.05) is 5.56 Å². The molecule has 4 aromatic rings. The van der Waals surface area contributed by atoms with Crippen LogP contribution in [0.25, 0.3) is 22.3 Å². The third-order valence-electron chi connectivity index (χ3n) is 6.29. The fraction of sp³-hybridized carbons (Fsp3) is 0.250. The lowest BCUT2D eigenvalue weighted by Crippen LogP contribution is -2.00. The Bertz CT molecular complexity index is 1320. The van der Waals surface area contributed by atoms with Gasteiger partial charge < -0.3 is 9.47 Å². The van der Waals surface area contributed by atoms with Crippen LogP contribution in [-0.2, 0) is 13.0 Å². The smallest absolute Gasteiger partial charge is 0.201 e. The second kappa shape index (κ2) is 12.5. The van der Waals surface area contributed by atoms with Crippen molar-refractivity contribution < 1.29 is 22.6 Å². The highest BCUT2D eigenvalue weighted by atomic mass is 19.2. The highest BCUT2D eigenvalue weighted by Gasteiger charge is 2.16. The molecule has 0 aromatic heterocycles. The van der Waals surface area contributed by atoms with Crippen LogP contribution in [0.3, 0.4) is 0 Å². The molecule has 192 valence electrons. The van der Waals surface area contributed by atoms with E-state index in [9.17, 15) is 13.2 Å². The van der Waals surface area contributed by atoms with Crippen molar-refractivity contribution in [3.8, 4) is 33.8 Å². The average molecular weight is 505 g/mol. The van der Waals surface area contributed by atoms with Crippen molar-refractivity contribution in [3.63, 3.8) is 0 Å². The Balaban J connectivity index is 1.40. The second-order valence-electron chi connectivity index (χ2n) is 8.96. The number of ether oxygens (including phenoxy) is 2. The van der Waals surface area contributed by atoms with Crippen LogP contribution in [0.4, 0.5) is 13.2 Å². The number of aryl methyl sites for hydroxylation is 1. The van der Waals surface area contributed by atoms with Gasteiger partial charge in [-0.05, 0) is 71.8 Å². The molecule has 0 radical (unpaired) electrons. The van der Waals surface area contributed by atoms with Gasteiger partial charge in [-0.3, -0.25) is 0 Å². The summed E-state index contributed by atoms with van der Waals surface area (Å²) in [6.07, 6.45) is 4.44. The Labute approximate surface area is 216 Å². The van der Waals surface area contributed by atoms with Crippen molar-refractivity contribution in [1.82, 2.24) is 0 Å². The maximum atomic E-state index is 14.9. The normalized spacial score (nSPS) is 10.9. The molecule has 37 heavy (non-hydrogen) atoms. The first-order valence-electron chi connectivity index (χ1n) is 12.7. The predicted molar refractivity (Wildman–Crippen MR) is 142 cm³/mol. The molecule has 0 bridgehead atoms. The lowest BCUT2D eigenvalue weighted by atomic mass is 10.0. The highest BCUT2D eigenvalue weighted by Crippen LogP contribution is 2.31. The fourth-order valence-electron chi connectivity index (χ4n) is 4.20. The molecule has 0 amide bonds. The van der Waals surface area contributed by atoms with Gasteiger partial charge in [-0.15, -0.1) is 0 Å². The van der Waals surface area contributed by atoms with E-state index in [-0.39, 0.29) is 23.7 Å². The van der Waals surface area contributed by atoms with Gasteiger partial charge >= 0.3 is 0 Å². The van der Waals surface area contributed by atoms with E-state index in [0.717, 1.165) is 30.4 Å². The zero-order chi connectivity index (χ0) is 26.2. The van der Waals surface area contributed by atoms with Crippen LogP contribution in [0.5, 0.6) is 11.5 Å². The zero-order valence-corrected chi connectivity index (χ0v) is 21.2. The van der Waals surface area contributed by atoms with Crippen molar-refractivity contribution in [2.24, 2.45) is 0 Å². The first kappa shape index (κ1) is 26.3. The van der Waals surface area contributed by atoms with Crippen LogP contribution in [0.2, 0.25) is 0 Å². The molecule has 0 aliphatic carbocycles. The van der Waals surface area contributed by atoms with E-state index in [0.29, 0.717) is 17.7 Å². The molecule has 2 nitrogen and oxygen atoms in total. The van der Waals surface area contributed by atoms with Gasteiger partial charge in [-0.2, -0.15) is 4.39 Å². The van der Waals surface area contributed by atoms with Gasteiger partial charge in [-0.25, -0.2) is 8.78 Å². The first-order chi connectivity index (χ1) is 18.0. The lowest BCUT2D eigenvalue weighted by molar-refractivity contribution is 0.285. The van der Waals surface area contributed by atoms with Gasteiger partial charge in [0.25, 0.3) is 0 Å². The zero-order valence-electron chi connectivity index (χ0n) is 21.2. The molecule has 4 aromatic carbocycles. The molecule has 0 saturated heterocycles. The molecular weight excluding hydrogens is 473 g/mol. The topological polar surface area (TPSA) is 18.5 Å². The minimum absolute atomic E-state index is 0.0695. The lowest BCUT2D eigenvalue weighted by Gasteiger charge is -2.12. The summed E-state index contributed by atoms with van der Waals surface area (Å²) in [5, 5.41) is 0. The minimum atomic E-state index is -1.01. The monoisotopic (exact) mass is 504 g/mol. The molecule has 5 heteroatoms. The van der Waals surface area contributed by atoms with Crippen LogP contribution in [0, 0.1) is 17.5 Å². The summed E-state index contributed by atoms with van der Waals surface area (Å²) >= 11 is 0. The summed E-state index contributed by atoms with van der Waals surface area (Å²) in [5.74, 6) is -2.28. The molecule has 0 N–H and O–H groups in total. The summed E-state index contributed by atoms with van der Waals surface area (Å²) < 4.78 is 54.7. The van der Waals surface area contributed by atoms with E-state index in [2.05, 4.69) is 6.92 Å². The van der Waals surface area contributed by atoms with E-state index in [1.165, 1.54) is 24.1 Å². The summed E-state index contributed by atoms with van der Waals surface area (Å²) in [4.78, 5) is 0. The number of benzene rings is 4. The minimum Gasteiger partial charge on any atom is -0.491 e.